The Labute approximate surface area is 192 Å². The number of nitrogens with zero attached hydrogens (tertiary/aromatic N) is 4. The van der Waals surface area contributed by atoms with E-state index in [4.69, 9.17) is 4.98 Å². The summed E-state index contributed by atoms with van der Waals surface area (Å²) >= 11 is 0. The van der Waals surface area contributed by atoms with Crippen LogP contribution in [0, 0.1) is 11.7 Å². The first-order valence-electron chi connectivity index (χ1n) is 11.1. The van der Waals surface area contributed by atoms with Crippen molar-refractivity contribution in [1.82, 2.24) is 24.1 Å². The maximum Gasteiger partial charge on any atom is 0.214 e. The fourth-order valence-electron chi connectivity index (χ4n) is 4.75. The molecule has 1 fully saturated rings. The number of aromatic amines is 1. The molecule has 1 saturated heterocycles. The zero-order valence-corrected chi connectivity index (χ0v) is 19.2. The van der Waals surface area contributed by atoms with Gasteiger partial charge in [0.05, 0.1) is 28.7 Å². The summed E-state index contributed by atoms with van der Waals surface area (Å²) in [5.41, 5.74) is 4.15. The second-order valence-electron chi connectivity index (χ2n) is 8.73. The van der Waals surface area contributed by atoms with Crippen LogP contribution in [0.25, 0.3) is 22.3 Å². The van der Waals surface area contributed by atoms with E-state index < -0.39 is 10.0 Å². The van der Waals surface area contributed by atoms with E-state index in [1.807, 2.05) is 37.5 Å². The number of rotatable bonds is 7. The molecule has 4 heterocycles. The first kappa shape index (κ1) is 21.8. The monoisotopic (exact) mass is 467 g/mol. The summed E-state index contributed by atoms with van der Waals surface area (Å²) in [5.74, 6) is -0.241. The Morgan fingerprint density at radius 1 is 1.18 bits per heavy atom. The average Bonchev–Trinajstić information content (AvgIpc) is 3.54. The van der Waals surface area contributed by atoms with Crippen LogP contribution in [0.15, 0.2) is 61.1 Å². The third kappa shape index (κ3) is 4.43. The number of benzene rings is 1. The van der Waals surface area contributed by atoms with Crippen molar-refractivity contribution in [2.75, 3.05) is 12.3 Å². The van der Waals surface area contributed by atoms with Gasteiger partial charge in [0.2, 0.25) is 10.0 Å². The largest absolute Gasteiger partial charge is 0.346 e. The molecule has 7 nitrogen and oxygen atoms in total. The number of H-pyrrole nitrogens is 1. The van der Waals surface area contributed by atoms with Gasteiger partial charge >= 0.3 is 0 Å². The highest BCUT2D eigenvalue weighted by molar-refractivity contribution is 7.89. The zero-order valence-electron chi connectivity index (χ0n) is 18.4. The molecule has 3 aromatic heterocycles. The molecule has 4 aromatic rings. The molecule has 33 heavy (non-hydrogen) atoms. The molecule has 172 valence electrons. The minimum Gasteiger partial charge on any atom is -0.346 e. The van der Waals surface area contributed by atoms with E-state index >= 15 is 0 Å². The van der Waals surface area contributed by atoms with Crippen LogP contribution >= 0.6 is 0 Å². The molecule has 1 aliphatic rings. The number of sulfonamides is 1. The molecule has 1 aliphatic heterocycles. The molecule has 1 N–H and O–H groups in total. The standard InChI is InChI=1S/C24H26FN5O2S/c1-17-12-18(16-30(17)33(31,32)11-9-19-4-2-3-5-21(19)25)15-29-10-8-23-24(29)7-6-22(28-23)20-13-26-27-14-20/h2-8,10,13-14,17-18H,9,11-12,15-16H2,1H3,(H,26,27)/t17-,18+/m0/s1. The first-order chi connectivity index (χ1) is 15.9. The Bertz CT molecular complexity index is 1370. The van der Waals surface area contributed by atoms with Gasteiger partial charge in [-0.05, 0) is 55.5 Å². The van der Waals surface area contributed by atoms with Crippen LogP contribution in [-0.2, 0) is 23.0 Å². The normalized spacial score (nSPS) is 19.5. The van der Waals surface area contributed by atoms with Crippen LogP contribution in [0.1, 0.15) is 18.9 Å². The molecule has 0 bridgehead atoms. The van der Waals surface area contributed by atoms with E-state index in [9.17, 15) is 12.8 Å². The Hall–Kier alpha value is -3.04. The molecule has 9 heteroatoms. The minimum atomic E-state index is -3.47. The van der Waals surface area contributed by atoms with Crippen LogP contribution in [0.5, 0.6) is 0 Å². The summed E-state index contributed by atoms with van der Waals surface area (Å²) in [7, 11) is -3.47. The van der Waals surface area contributed by atoms with Gasteiger partial charge in [-0.1, -0.05) is 18.2 Å². The topological polar surface area (TPSA) is 83.9 Å². The Morgan fingerprint density at radius 3 is 2.82 bits per heavy atom. The van der Waals surface area contributed by atoms with E-state index in [1.165, 1.54) is 6.07 Å². The van der Waals surface area contributed by atoms with Gasteiger partial charge in [0.1, 0.15) is 5.82 Å². The Morgan fingerprint density at radius 2 is 2.03 bits per heavy atom. The number of halogens is 1. The van der Waals surface area contributed by atoms with Crippen molar-refractivity contribution in [3.8, 4) is 11.3 Å². The maximum atomic E-state index is 13.9. The summed E-state index contributed by atoms with van der Waals surface area (Å²) in [6.07, 6.45) is 6.53. The number of pyridine rings is 1. The molecular weight excluding hydrogens is 441 g/mol. The molecule has 2 atom stereocenters. The first-order valence-corrected chi connectivity index (χ1v) is 12.7. The lowest BCUT2D eigenvalue weighted by molar-refractivity contribution is 0.399. The van der Waals surface area contributed by atoms with E-state index in [-0.39, 0.29) is 30.0 Å². The molecule has 5 rings (SSSR count). The molecule has 0 amide bonds. The molecule has 0 radical (unpaired) electrons. The Balaban J connectivity index is 1.27. The van der Waals surface area contributed by atoms with Crippen molar-refractivity contribution in [1.29, 1.82) is 0 Å². The van der Waals surface area contributed by atoms with E-state index in [2.05, 4.69) is 14.8 Å². The van der Waals surface area contributed by atoms with Crippen LogP contribution in [0.3, 0.4) is 0 Å². The number of aromatic nitrogens is 4. The molecule has 0 saturated carbocycles. The van der Waals surface area contributed by atoms with Gasteiger partial charge in [0.25, 0.3) is 0 Å². The van der Waals surface area contributed by atoms with Crippen molar-refractivity contribution in [2.24, 2.45) is 5.92 Å². The van der Waals surface area contributed by atoms with Gasteiger partial charge in [-0.15, -0.1) is 0 Å². The molecule has 1 aromatic carbocycles. The highest BCUT2D eigenvalue weighted by Crippen LogP contribution is 2.29. The van der Waals surface area contributed by atoms with Crippen LogP contribution in [0.4, 0.5) is 4.39 Å². The highest BCUT2D eigenvalue weighted by Gasteiger charge is 2.37. The van der Waals surface area contributed by atoms with E-state index in [1.54, 1.807) is 28.7 Å². The third-order valence-corrected chi connectivity index (χ3v) is 8.37. The van der Waals surface area contributed by atoms with Gasteiger partial charge in [-0.25, -0.2) is 17.8 Å². The summed E-state index contributed by atoms with van der Waals surface area (Å²) in [5, 5.41) is 6.78. The summed E-state index contributed by atoms with van der Waals surface area (Å²) in [6, 6.07) is 12.3. The number of aryl methyl sites for hydroxylation is 1. The van der Waals surface area contributed by atoms with Gasteiger partial charge in [-0.2, -0.15) is 9.40 Å². The SMILES string of the molecule is C[C@H]1C[C@H](Cn2ccc3nc(-c4cn[nH]c4)ccc32)CN1S(=O)(=O)CCc1ccccc1F. The van der Waals surface area contributed by atoms with Crippen molar-refractivity contribution in [3.63, 3.8) is 0 Å². The third-order valence-electron chi connectivity index (χ3n) is 6.42. The number of hydrogen-bond donors (Lipinski definition) is 1. The van der Waals surface area contributed by atoms with Crippen molar-refractivity contribution >= 4 is 21.1 Å². The number of hydrogen-bond acceptors (Lipinski definition) is 4. The molecule has 0 unspecified atom stereocenters. The second-order valence-corrected chi connectivity index (χ2v) is 10.8. The van der Waals surface area contributed by atoms with Crippen molar-refractivity contribution < 1.29 is 12.8 Å². The summed E-state index contributed by atoms with van der Waals surface area (Å²) < 4.78 is 43.7. The van der Waals surface area contributed by atoms with Gasteiger partial charge in [0.15, 0.2) is 0 Å². The highest BCUT2D eigenvalue weighted by atomic mass is 32.2. The lowest BCUT2D eigenvalue weighted by Crippen LogP contribution is -2.36. The average molecular weight is 468 g/mol. The fourth-order valence-corrected chi connectivity index (χ4v) is 6.53. The van der Waals surface area contributed by atoms with E-state index in [0.29, 0.717) is 12.1 Å². The minimum absolute atomic E-state index is 0.0757. The lowest BCUT2D eigenvalue weighted by Gasteiger charge is -2.21. The molecular formula is C24H26FN5O2S. The number of fused-ring (bicyclic) bond motifs is 1. The van der Waals surface area contributed by atoms with E-state index in [0.717, 1.165) is 35.3 Å². The van der Waals surface area contributed by atoms with Crippen LogP contribution < -0.4 is 0 Å². The predicted octanol–water partition coefficient (Wildman–Crippen LogP) is 3.85. The second kappa shape index (κ2) is 8.72. The molecule has 0 spiro atoms. The summed E-state index contributed by atoms with van der Waals surface area (Å²) in [6.45, 7) is 3.15. The quantitative estimate of drug-likeness (QED) is 0.448. The smallest absolute Gasteiger partial charge is 0.214 e. The predicted molar refractivity (Wildman–Crippen MR) is 125 cm³/mol. The number of nitrogens with one attached hydrogen (secondary N) is 1. The summed E-state index contributed by atoms with van der Waals surface area (Å²) in [4.78, 5) is 4.72. The zero-order chi connectivity index (χ0) is 23.0. The van der Waals surface area contributed by atoms with Gasteiger partial charge < -0.3 is 4.57 Å². The van der Waals surface area contributed by atoms with Crippen LogP contribution in [-0.4, -0.2) is 50.8 Å². The van der Waals surface area contributed by atoms with Crippen molar-refractivity contribution in [3.05, 3.63) is 72.4 Å². The van der Waals surface area contributed by atoms with Crippen LogP contribution in [0.2, 0.25) is 0 Å². The maximum absolute atomic E-state index is 13.9. The molecule has 0 aliphatic carbocycles. The van der Waals surface area contributed by atoms with Gasteiger partial charge in [0, 0.05) is 37.1 Å². The fraction of sp³-hybridized carbons (Fsp3) is 0.333. The Kier molecular flexibility index (Phi) is 5.76. The lowest BCUT2D eigenvalue weighted by atomic mass is 10.1. The van der Waals surface area contributed by atoms with Gasteiger partial charge in [-0.3, -0.25) is 5.10 Å². The van der Waals surface area contributed by atoms with Crippen molar-refractivity contribution in [2.45, 2.75) is 32.4 Å².